The zero-order chi connectivity index (χ0) is 40.6. The molecule has 0 radical (unpaired) electrons. The van der Waals surface area contributed by atoms with E-state index in [0.717, 1.165) is 19.3 Å². The third-order valence-electron chi connectivity index (χ3n) is 13.1. The van der Waals surface area contributed by atoms with Crippen LogP contribution in [0.4, 0.5) is 0 Å². The van der Waals surface area contributed by atoms with Gasteiger partial charge in [-0.3, -0.25) is 0 Å². The summed E-state index contributed by atoms with van der Waals surface area (Å²) in [7, 11) is -6.53. The Bertz CT molecular complexity index is 1460. The average molecular weight is 791 g/mol. The van der Waals surface area contributed by atoms with E-state index in [2.05, 4.69) is 189 Å². The molecule has 1 aliphatic rings. The van der Waals surface area contributed by atoms with E-state index in [9.17, 15) is 0 Å². The maximum atomic E-state index is 7.38. The molecule has 3 rings (SSSR count). The SMILES string of the molecule is CC(C)[Si](O[C@@H]1C=C(COCC#CCCCO[Si](c2ccccc2)(c2ccccc2)C(C)(C)C)[C@@](C)(CO[Si](C)(C)C(C)(C)C)[C@H](C)C1)(C(C)C)C(C)C. The van der Waals surface area contributed by atoms with Crippen LogP contribution in [-0.4, -0.2) is 57.5 Å². The number of unbranched alkanes of at least 4 members (excludes halogenated alkanes) is 1. The molecule has 0 aromatic heterocycles. The summed E-state index contributed by atoms with van der Waals surface area (Å²) in [5.41, 5.74) is 2.81. The maximum absolute atomic E-state index is 7.38. The second-order valence-corrected chi connectivity index (χ2v) is 34.3. The minimum absolute atomic E-state index is 0.0309. The lowest BCUT2D eigenvalue weighted by Gasteiger charge is -2.49. The van der Waals surface area contributed by atoms with Gasteiger partial charge < -0.3 is 18.0 Å². The van der Waals surface area contributed by atoms with Crippen molar-refractivity contribution in [3.8, 4) is 11.8 Å². The molecule has 0 N–H and O–H groups in total. The van der Waals surface area contributed by atoms with Gasteiger partial charge in [-0.15, -0.1) is 5.92 Å². The zero-order valence-corrected chi connectivity index (χ0v) is 40.3. The quantitative estimate of drug-likeness (QED) is 0.0692. The highest BCUT2D eigenvalue weighted by atomic mass is 28.4. The molecule has 2 aromatic carbocycles. The van der Waals surface area contributed by atoms with Crippen LogP contribution < -0.4 is 10.4 Å². The van der Waals surface area contributed by atoms with Gasteiger partial charge in [0.2, 0.25) is 8.32 Å². The first-order valence-corrected chi connectivity index (χ1v) is 27.8. The summed E-state index contributed by atoms with van der Waals surface area (Å²) in [4.78, 5) is 0. The Hall–Kier alpha value is -1.77. The average Bonchev–Trinajstić information content (AvgIpc) is 3.08. The normalized spacial score (nSPS) is 20.3. The largest absolute Gasteiger partial charge is 0.416 e. The second-order valence-electron chi connectivity index (χ2n) is 19.7. The summed E-state index contributed by atoms with van der Waals surface area (Å²) in [6.07, 6.45) is 5.20. The molecular formula is C47H78O4Si3. The van der Waals surface area contributed by atoms with Gasteiger partial charge >= 0.3 is 0 Å². The highest BCUT2D eigenvalue weighted by Gasteiger charge is 2.51. The Kier molecular flexibility index (Phi) is 16.5. The molecule has 0 heterocycles. The van der Waals surface area contributed by atoms with Crippen molar-refractivity contribution in [2.24, 2.45) is 11.3 Å². The molecule has 0 bridgehead atoms. The summed E-state index contributed by atoms with van der Waals surface area (Å²) in [6, 6.07) is 21.7. The van der Waals surface area contributed by atoms with Gasteiger partial charge in [-0.1, -0.05) is 170 Å². The van der Waals surface area contributed by atoms with Gasteiger partial charge in [-0.2, -0.15) is 0 Å². The van der Waals surface area contributed by atoms with Crippen molar-refractivity contribution >= 4 is 35.3 Å². The van der Waals surface area contributed by atoms with Crippen LogP contribution in [0.1, 0.15) is 116 Å². The van der Waals surface area contributed by atoms with Crippen molar-refractivity contribution in [3.05, 3.63) is 72.3 Å². The number of benzene rings is 2. The predicted molar refractivity (Wildman–Crippen MR) is 240 cm³/mol. The first kappa shape index (κ1) is 46.6. The fraction of sp³-hybridized carbons (Fsp3) is 0.660. The van der Waals surface area contributed by atoms with Gasteiger partial charge in [-0.05, 0) is 74.5 Å². The highest BCUT2D eigenvalue weighted by molar-refractivity contribution is 6.99. The summed E-state index contributed by atoms with van der Waals surface area (Å²) in [5.74, 6) is 7.13. The molecule has 4 nitrogen and oxygen atoms in total. The third kappa shape index (κ3) is 10.6. The molecule has 0 saturated heterocycles. The van der Waals surface area contributed by atoms with E-state index < -0.39 is 25.0 Å². The molecule has 0 fully saturated rings. The summed E-state index contributed by atoms with van der Waals surface area (Å²) in [5, 5.41) is 2.76. The number of hydrogen-bond acceptors (Lipinski definition) is 4. The molecule has 0 saturated carbocycles. The third-order valence-corrected chi connectivity index (χ3v) is 28.8. The Morgan fingerprint density at radius 3 is 1.74 bits per heavy atom. The summed E-state index contributed by atoms with van der Waals surface area (Å²) in [6.45, 7) is 40.1. The highest BCUT2D eigenvalue weighted by Crippen LogP contribution is 2.49. The lowest BCUT2D eigenvalue weighted by Crippen LogP contribution is -2.66. The van der Waals surface area contributed by atoms with Crippen LogP contribution in [0.5, 0.6) is 0 Å². The Balaban J connectivity index is 1.74. The van der Waals surface area contributed by atoms with E-state index in [-0.39, 0.29) is 21.6 Å². The molecule has 2 aromatic rings. The second kappa shape index (κ2) is 19.1. The van der Waals surface area contributed by atoms with E-state index in [0.29, 0.717) is 49.0 Å². The van der Waals surface area contributed by atoms with E-state index in [4.69, 9.17) is 18.0 Å². The zero-order valence-electron chi connectivity index (χ0n) is 37.3. The molecule has 3 atom stereocenters. The van der Waals surface area contributed by atoms with Crippen LogP contribution in [0.25, 0.3) is 0 Å². The lowest BCUT2D eigenvalue weighted by atomic mass is 9.67. The van der Waals surface area contributed by atoms with Gasteiger partial charge in [0.05, 0.1) is 12.7 Å². The first-order valence-electron chi connectivity index (χ1n) is 20.9. The fourth-order valence-electron chi connectivity index (χ4n) is 8.65. The molecule has 302 valence electrons. The monoisotopic (exact) mass is 791 g/mol. The topological polar surface area (TPSA) is 36.9 Å². The van der Waals surface area contributed by atoms with Crippen LogP contribution in [0.15, 0.2) is 72.3 Å². The molecule has 1 aliphatic carbocycles. The van der Waals surface area contributed by atoms with Crippen molar-refractivity contribution in [3.63, 3.8) is 0 Å². The number of ether oxygens (including phenoxy) is 1. The van der Waals surface area contributed by atoms with Crippen molar-refractivity contribution in [2.75, 3.05) is 26.4 Å². The van der Waals surface area contributed by atoms with Crippen LogP contribution in [0.3, 0.4) is 0 Å². The van der Waals surface area contributed by atoms with Crippen LogP contribution in [-0.2, 0) is 18.0 Å². The van der Waals surface area contributed by atoms with Gasteiger partial charge in [0, 0.05) is 25.0 Å². The van der Waals surface area contributed by atoms with Gasteiger partial charge in [-0.25, -0.2) is 0 Å². The van der Waals surface area contributed by atoms with Gasteiger partial charge in [0.15, 0.2) is 8.32 Å². The van der Waals surface area contributed by atoms with E-state index in [1.165, 1.54) is 15.9 Å². The molecule has 0 aliphatic heterocycles. The molecular weight excluding hydrogens is 713 g/mol. The van der Waals surface area contributed by atoms with Crippen molar-refractivity contribution in [2.45, 2.75) is 162 Å². The van der Waals surface area contributed by atoms with E-state index >= 15 is 0 Å². The number of hydrogen-bond donors (Lipinski definition) is 0. The van der Waals surface area contributed by atoms with Crippen LogP contribution in [0.2, 0.25) is 39.8 Å². The minimum Gasteiger partial charge on any atom is -0.416 e. The minimum atomic E-state index is -2.53. The Labute approximate surface area is 336 Å². The first-order chi connectivity index (χ1) is 25.1. The lowest BCUT2D eigenvalue weighted by molar-refractivity contribution is 0.0572. The summed E-state index contributed by atoms with van der Waals surface area (Å²) >= 11 is 0. The molecule has 7 heteroatoms. The molecule has 0 unspecified atom stereocenters. The van der Waals surface area contributed by atoms with Crippen molar-refractivity contribution < 1.29 is 18.0 Å². The summed E-state index contributed by atoms with van der Waals surface area (Å²) < 4.78 is 27.8. The van der Waals surface area contributed by atoms with Crippen molar-refractivity contribution in [1.29, 1.82) is 0 Å². The van der Waals surface area contributed by atoms with Crippen molar-refractivity contribution in [1.82, 2.24) is 0 Å². The van der Waals surface area contributed by atoms with Crippen LogP contribution in [0, 0.1) is 23.2 Å². The number of rotatable bonds is 17. The maximum Gasteiger partial charge on any atom is 0.261 e. The van der Waals surface area contributed by atoms with Gasteiger partial charge in [0.1, 0.15) is 6.61 Å². The molecule has 0 spiro atoms. The fourth-order valence-corrected chi connectivity index (χ4v) is 19.9. The Morgan fingerprint density at radius 1 is 0.759 bits per heavy atom. The Morgan fingerprint density at radius 2 is 1.28 bits per heavy atom. The smallest absolute Gasteiger partial charge is 0.261 e. The van der Waals surface area contributed by atoms with E-state index in [1.807, 2.05) is 0 Å². The standard InChI is InChI=1S/C47H78O4Si3/c1-37(2)53(38(3)4,39(5)6)51-42-33-40(7)47(14,36-50-52(15,16)45(8,9)10)41(34-42)35-48-31-25-17-18-26-32-49-54(46(11,12)13,43-27-21-19-22-28-43)44-29-23-20-24-30-44/h19-24,27-30,34,37-40,42H,18,26,31-33,35-36H2,1-16H3/t40-,42+,47+/m1/s1. The predicted octanol–water partition coefficient (Wildman–Crippen LogP) is 11.9. The molecule has 54 heavy (non-hydrogen) atoms. The molecule has 0 amide bonds. The van der Waals surface area contributed by atoms with E-state index in [1.54, 1.807) is 0 Å². The van der Waals surface area contributed by atoms with Gasteiger partial charge in [0.25, 0.3) is 8.32 Å². The van der Waals surface area contributed by atoms with Crippen LogP contribution >= 0.6 is 0 Å².